The Bertz CT molecular complexity index is 664. The van der Waals surface area contributed by atoms with Crippen LogP contribution in [-0.2, 0) is 27.9 Å². The molecule has 0 heterocycles. The Kier molecular flexibility index (Phi) is 16.5. The number of hydrogen-bond acceptors (Lipinski definition) is 6. The van der Waals surface area contributed by atoms with E-state index in [9.17, 15) is 4.79 Å². The summed E-state index contributed by atoms with van der Waals surface area (Å²) in [5.74, 6) is 0.422. The molecule has 37 heavy (non-hydrogen) atoms. The summed E-state index contributed by atoms with van der Waals surface area (Å²) in [6.45, 7) is 28.6. The number of methoxy groups -OCH3 is 1. The van der Waals surface area contributed by atoms with Gasteiger partial charge in [0.15, 0.2) is 22.4 Å². The molecule has 0 fully saturated rings. The minimum atomic E-state index is -1.92. The second-order valence-electron chi connectivity index (χ2n) is 13.4. The molecule has 0 aliphatic heterocycles. The predicted molar refractivity (Wildman–Crippen MR) is 160 cm³/mol. The summed E-state index contributed by atoms with van der Waals surface area (Å²) in [4.78, 5) is 11.9. The number of allylic oxidation sites excluding steroid dienone is 1. The van der Waals surface area contributed by atoms with Crippen LogP contribution in [-0.4, -0.2) is 68.3 Å². The minimum Gasteiger partial charge on any atom is -0.414 e. The van der Waals surface area contributed by atoms with Crippen molar-refractivity contribution in [2.75, 3.05) is 33.7 Å². The van der Waals surface area contributed by atoms with Crippen molar-refractivity contribution in [3.05, 3.63) is 12.2 Å². The van der Waals surface area contributed by atoms with Gasteiger partial charge in [0.1, 0.15) is 12.9 Å². The molecule has 0 aromatic rings. The van der Waals surface area contributed by atoms with Gasteiger partial charge in [0.05, 0.1) is 25.9 Å². The van der Waals surface area contributed by atoms with Gasteiger partial charge in [0.25, 0.3) is 0 Å². The van der Waals surface area contributed by atoms with E-state index in [4.69, 9.17) is 23.1 Å². The summed E-state index contributed by atoms with van der Waals surface area (Å²) < 4.78 is 29.4. The van der Waals surface area contributed by atoms with E-state index in [1.165, 1.54) is 0 Å². The SMILES string of the molecule is COCCOCO[C@@H](C/C=C\CCC[C@H](C)[C@H](CO[Si](C)(C)C(C)(C)C)O[Si](C)(C)C(C)(C)C)C(C)=O. The van der Waals surface area contributed by atoms with Crippen LogP contribution in [0.4, 0.5) is 0 Å². The van der Waals surface area contributed by atoms with Gasteiger partial charge in [-0.2, -0.15) is 0 Å². The molecule has 6 nitrogen and oxygen atoms in total. The predicted octanol–water partition coefficient (Wildman–Crippen LogP) is 7.75. The van der Waals surface area contributed by atoms with Gasteiger partial charge in [-0.25, -0.2) is 0 Å². The van der Waals surface area contributed by atoms with Gasteiger partial charge in [-0.15, -0.1) is 0 Å². The highest BCUT2D eigenvalue weighted by atomic mass is 28.4. The Morgan fingerprint density at radius 3 is 2.03 bits per heavy atom. The Morgan fingerprint density at radius 1 is 0.919 bits per heavy atom. The molecule has 0 bridgehead atoms. The summed E-state index contributed by atoms with van der Waals surface area (Å²) in [7, 11) is -2.14. The molecule has 0 aliphatic rings. The van der Waals surface area contributed by atoms with Crippen molar-refractivity contribution in [3.8, 4) is 0 Å². The zero-order valence-electron chi connectivity index (χ0n) is 26.5. The smallest absolute Gasteiger partial charge is 0.192 e. The van der Waals surface area contributed by atoms with Crippen LogP contribution in [0, 0.1) is 5.92 Å². The fraction of sp³-hybridized carbons (Fsp3) is 0.897. The van der Waals surface area contributed by atoms with Crippen molar-refractivity contribution in [1.82, 2.24) is 0 Å². The Hall–Kier alpha value is -0.356. The third-order valence-corrected chi connectivity index (χ3v) is 17.1. The van der Waals surface area contributed by atoms with E-state index < -0.39 is 22.7 Å². The highest BCUT2D eigenvalue weighted by Gasteiger charge is 2.42. The lowest BCUT2D eigenvalue weighted by molar-refractivity contribution is -0.141. The molecular weight excluding hydrogens is 500 g/mol. The maximum atomic E-state index is 11.9. The van der Waals surface area contributed by atoms with Gasteiger partial charge >= 0.3 is 0 Å². The number of rotatable bonds is 19. The number of unbranched alkanes of at least 4 members (excludes halogenated alkanes) is 1. The van der Waals surface area contributed by atoms with Crippen LogP contribution in [0.1, 0.15) is 81.1 Å². The van der Waals surface area contributed by atoms with Crippen LogP contribution in [0.15, 0.2) is 12.2 Å². The first-order chi connectivity index (χ1) is 16.9. The number of carbonyl (C=O) groups excluding carboxylic acids is 1. The highest BCUT2D eigenvalue weighted by molar-refractivity contribution is 6.74. The molecule has 0 N–H and O–H groups in total. The molecule has 3 atom stereocenters. The van der Waals surface area contributed by atoms with Crippen LogP contribution in [0.5, 0.6) is 0 Å². The van der Waals surface area contributed by atoms with Crippen molar-refractivity contribution < 1.29 is 27.9 Å². The average molecular weight is 561 g/mol. The van der Waals surface area contributed by atoms with Gasteiger partial charge in [-0.05, 0) is 74.8 Å². The summed E-state index contributed by atoms with van der Waals surface area (Å²) in [6.07, 6.45) is 7.53. The molecule has 0 aliphatic carbocycles. The average Bonchev–Trinajstić information content (AvgIpc) is 2.75. The number of Topliss-reactive ketones (excluding diaryl/α,β-unsaturated/α-hetero) is 1. The zero-order valence-corrected chi connectivity index (χ0v) is 28.5. The standard InChI is InChI=1S/C29H60O6Si2/c1-24(18-16-14-15-17-19-26(25(2)30)33-23-32-21-20-31-9)27(35-37(12,13)29(6,7)8)22-34-36(10,11)28(3,4)5/h15,17,24,26-27H,14,16,18-23H2,1-13H3/b17-15-/t24-,26-,27-/m0/s1. The second kappa shape index (κ2) is 16.7. The van der Waals surface area contributed by atoms with Crippen molar-refractivity contribution in [2.45, 2.75) is 130 Å². The summed E-state index contributed by atoms with van der Waals surface area (Å²) in [5.41, 5.74) is 0. The third kappa shape index (κ3) is 14.6. The first-order valence-electron chi connectivity index (χ1n) is 14.0. The molecule has 8 heteroatoms. The number of hydrogen-bond donors (Lipinski definition) is 0. The van der Waals surface area contributed by atoms with Crippen LogP contribution in [0.2, 0.25) is 36.3 Å². The van der Waals surface area contributed by atoms with Crippen molar-refractivity contribution in [1.29, 1.82) is 0 Å². The van der Waals surface area contributed by atoms with E-state index in [0.29, 0.717) is 32.2 Å². The van der Waals surface area contributed by atoms with Gasteiger partial charge in [0.2, 0.25) is 0 Å². The summed E-state index contributed by atoms with van der Waals surface area (Å²) in [6, 6.07) is 0. The zero-order chi connectivity index (χ0) is 28.9. The van der Waals surface area contributed by atoms with Gasteiger partial charge in [-0.3, -0.25) is 4.79 Å². The molecule has 0 saturated carbocycles. The molecule has 0 unspecified atom stereocenters. The number of ketones is 1. The van der Waals surface area contributed by atoms with Crippen LogP contribution < -0.4 is 0 Å². The maximum Gasteiger partial charge on any atom is 0.192 e. The molecule has 0 radical (unpaired) electrons. The fourth-order valence-corrected chi connectivity index (χ4v) is 5.57. The van der Waals surface area contributed by atoms with E-state index in [2.05, 4.69) is 86.8 Å². The summed E-state index contributed by atoms with van der Waals surface area (Å²) in [5, 5.41) is 0.342. The van der Waals surface area contributed by atoms with E-state index in [-0.39, 0.29) is 28.8 Å². The van der Waals surface area contributed by atoms with Gasteiger partial charge < -0.3 is 23.1 Å². The van der Waals surface area contributed by atoms with Crippen LogP contribution in [0.3, 0.4) is 0 Å². The van der Waals surface area contributed by atoms with E-state index in [1.54, 1.807) is 14.0 Å². The topological polar surface area (TPSA) is 63.2 Å². The van der Waals surface area contributed by atoms with Crippen LogP contribution >= 0.6 is 0 Å². The quantitative estimate of drug-likeness (QED) is 0.0696. The maximum absolute atomic E-state index is 11.9. The Morgan fingerprint density at radius 2 is 1.51 bits per heavy atom. The lowest BCUT2D eigenvalue weighted by Crippen LogP contribution is -2.49. The monoisotopic (exact) mass is 560 g/mol. The first kappa shape index (κ1) is 36.6. The Balaban J connectivity index is 4.91. The molecule has 0 aromatic carbocycles. The highest BCUT2D eigenvalue weighted by Crippen LogP contribution is 2.40. The van der Waals surface area contributed by atoms with Gasteiger partial charge in [-0.1, -0.05) is 60.6 Å². The Labute approximate surface area is 231 Å². The number of ether oxygens (including phenoxy) is 3. The minimum absolute atomic E-state index is 0.0148. The van der Waals surface area contributed by atoms with Crippen LogP contribution in [0.25, 0.3) is 0 Å². The lowest BCUT2D eigenvalue weighted by atomic mass is 9.98. The van der Waals surface area contributed by atoms with E-state index in [1.807, 2.05) is 0 Å². The largest absolute Gasteiger partial charge is 0.414 e. The molecule has 220 valence electrons. The van der Waals surface area contributed by atoms with Crippen molar-refractivity contribution in [3.63, 3.8) is 0 Å². The molecule has 0 spiro atoms. The number of carbonyl (C=O) groups is 1. The second-order valence-corrected chi connectivity index (χ2v) is 23.0. The molecular formula is C29H60O6Si2. The normalized spacial score (nSPS) is 16.2. The molecule has 0 saturated heterocycles. The van der Waals surface area contributed by atoms with Crippen molar-refractivity contribution >= 4 is 22.4 Å². The lowest BCUT2D eigenvalue weighted by Gasteiger charge is -2.43. The van der Waals surface area contributed by atoms with Gasteiger partial charge in [0, 0.05) is 7.11 Å². The van der Waals surface area contributed by atoms with E-state index >= 15 is 0 Å². The van der Waals surface area contributed by atoms with E-state index in [0.717, 1.165) is 19.3 Å². The molecule has 0 amide bonds. The fourth-order valence-electron chi connectivity index (χ4n) is 3.14. The first-order valence-corrected chi connectivity index (χ1v) is 19.8. The molecule has 0 aromatic heterocycles. The summed E-state index contributed by atoms with van der Waals surface area (Å²) >= 11 is 0. The third-order valence-electron chi connectivity index (χ3n) is 8.09. The van der Waals surface area contributed by atoms with Crippen molar-refractivity contribution in [2.24, 2.45) is 5.92 Å². The molecule has 0 rings (SSSR count).